The second-order valence-corrected chi connectivity index (χ2v) is 6.90. The zero-order valence-corrected chi connectivity index (χ0v) is 15.5. The average Bonchev–Trinajstić information content (AvgIpc) is 3.18. The Kier molecular flexibility index (Phi) is 5.04. The molecule has 5 nitrogen and oxygen atoms in total. The van der Waals surface area contributed by atoms with Crippen molar-refractivity contribution in [3.05, 3.63) is 53.9 Å². The van der Waals surface area contributed by atoms with Gasteiger partial charge >= 0.3 is 0 Å². The zero-order chi connectivity index (χ0) is 17.8. The van der Waals surface area contributed by atoms with Gasteiger partial charge in [-0.25, -0.2) is 4.98 Å². The number of hydrogen-bond donors (Lipinski definition) is 1. The predicted octanol–water partition coefficient (Wildman–Crippen LogP) is 4.40. The van der Waals surface area contributed by atoms with Crippen LogP contribution >= 0.6 is 11.3 Å². The molecule has 26 heavy (non-hydrogen) atoms. The molecule has 3 aromatic rings. The zero-order valence-electron chi connectivity index (χ0n) is 14.6. The van der Waals surface area contributed by atoms with Crippen molar-refractivity contribution in [1.82, 2.24) is 4.98 Å². The van der Waals surface area contributed by atoms with Crippen LogP contribution in [0.3, 0.4) is 0 Å². The Labute approximate surface area is 157 Å². The Bertz CT molecular complexity index is 840. The fraction of sp³-hybridized carbons (Fsp3) is 0.250. The van der Waals surface area contributed by atoms with E-state index in [9.17, 15) is 0 Å². The summed E-state index contributed by atoms with van der Waals surface area (Å²) in [6, 6.07) is 16.4. The van der Waals surface area contributed by atoms with Crippen molar-refractivity contribution in [1.29, 1.82) is 0 Å². The molecule has 2 heterocycles. The Hall–Kier alpha value is -2.57. The van der Waals surface area contributed by atoms with Gasteiger partial charge in [0.2, 0.25) is 0 Å². The van der Waals surface area contributed by atoms with Gasteiger partial charge in [-0.05, 0) is 36.4 Å². The lowest BCUT2D eigenvalue weighted by atomic mass is 10.1. The van der Waals surface area contributed by atoms with Crippen LogP contribution in [-0.4, -0.2) is 38.4 Å². The standard InChI is InChI=1S/C20H21N3O2S/c1-24-18-8-4-16(5-9-18)21-20-22-19(14-26-20)15-2-6-17(7-3-15)23-10-12-25-13-11-23/h2-9,14H,10-13H2,1H3,(H,21,22). The van der Waals surface area contributed by atoms with E-state index in [0.29, 0.717) is 0 Å². The first-order chi connectivity index (χ1) is 12.8. The van der Waals surface area contributed by atoms with Crippen LogP contribution < -0.4 is 15.0 Å². The number of benzene rings is 2. The normalized spacial score (nSPS) is 14.3. The highest BCUT2D eigenvalue weighted by atomic mass is 32.1. The number of rotatable bonds is 5. The quantitative estimate of drug-likeness (QED) is 0.724. The molecule has 0 saturated carbocycles. The maximum Gasteiger partial charge on any atom is 0.187 e. The second-order valence-electron chi connectivity index (χ2n) is 6.04. The van der Waals surface area contributed by atoms with Crippen LogP contribution in [0.4, 0.5) is 16.5 Å². The molecule has 1 aliphatic rings. The molecule has 1 fully saturated rings. The highest BCUT2D eigenvalue weighted by Gasteiger charge is 2.11. The molecule has 0 atom stereocenters. The number of aromatic nitrogens is 1. The topological polar surface area (TPSA) is 46.6 Å². The summed E-state index contributed by atoms with van der Waals surface area (Å²) in [5.41, 5.74) is 4.35. The van der Waals surface area contributed by atoms with Gasteiger partial charge < -0.3 is 19.7 Å². The third-order valence-electron chi connectivity index (χ3n) is 4.38. The molecule has 1 N–H and O–H groups in total. The number of nitrogens with one attached hydrogen (secondary N) is 1. The molecule has 134 valence electrons. The number of anilines is 3. The van der Waals surface area contributed by atoms with Crippen LogP contribution in [0.25, 0.3) is 11.3 Å². The van der Waals surface area contributed by atoms with Gasteiger partial charge in [0.15, 0.2) is 5.13 Å². The van der Waals surface area contributed by atoms with E-state index in [1.54, 1.807) is 18.4 Å². The summed E-state index contributed by atoms with van der Waals surface area (Å²) in [7, 11) is 1.67. The van der Waals surface area contributed by atoms with E-state index in [0.717, 1.165) is 54.1 Å². The summed E-state index contributed by atoms with van der Waals surface area (Å²) in [4.78, 5) is 7.06. The fourth-order valence-corrected chi connectivity index (χ4v) is 3.67. The molecule has 1 aromatic heterocycles. The number of thiazole rings is 1. The minimum absolute atomic E-state index is 0.800. The predicted molar refractivity (Wildman–Crippen MR) is 107 cm³/mol. The summed E-state index contributed by atoms with van der Waals surface area (Å²) in [6.45, 7) is 3.50. The highest BCUT2D eigenvalue weighted by molar-refractivity contribution is 7.14. The summed E-state index contributed by atoms with van der Waals surface area (Å²) in [5, 5.41) is 6.29. The van der Waals surface area contributed by atoms with Crippen molar-refractivity contribution >= 4 is 27.8 Å². The molecule has 1 saturated heterocycles. The minimum Gasteiger partial charge on any atom is -0.497 e. The first kappa shape index (κ1) is 16.9. The van der Waals surface area contributed by atoms with Gasteiger partial charge in [-0.15, -0.1) is 11.3 Å². The monoisotopic (exact) mass is 367 g/mol. The maximum atomic E-state index is 5.41. The number of hydrogen-bond acceptors (Lipinski definition) is 6. The SMILES string of the molecule is COc1ccc(Nc2nc(-c3ccc(N4CCOCC4)cc3)cs2)cc1. The van der Waals surface area contributed by atoms with Gasteiger partial charge in [0.1, 0.15) is 5.75 Å². The van der Waals surface area contributed by atoms with E-state index in [1.807, 2.05) is 24.3 Å². The summed E-state index contributed by atoms with van der Waals surface area (Å²) < 4.78 is 10.6. The van der Waals surface area contributed by atoms with E-state index >= 15 is 0 Å². The van der Waals surface area contributed by atoms with Gasteiger partial charge in [-0.1, -0.05) is 12.1 Å². The fourth-order valence-electron chi connectivity index (χ4n) is 2.93. The minimum atomic E-state index is 0.800. The molecular weight excluding hydrogens is 346 g/mol. The first-order valence-corrected chi connectivity index (χ1v) is 9.49. The summed E-state index contributed by atoms with van der Waals surface area (Å²) in [6.07, 6.45) is 0. The lowest BCUT2D eigenvalue weighted by Gasteiger charge is -2.28. The third-order valence-corrected chi connectivity index (χ3v) is 5.14. The van der Waals surface area contributed by atoms with E-state index in [2.05, 4.69) is 39.9 Å². The summed E-state index contributed by atoms with van der Waals surface area (Å²) in [5.74, 6) is 0.843. The molecule has 0 bridgehead atoms. The van der Waals surface area contributed by atoms with Gasteiger partial charge in [-0.2, -0.15) is 0 Å². The molecule has 1 aliphatic heterocycles. The van der Waals surface area contributed by atoms with E-state index in [4.69, 9.17) is 14.5 Å². The van der Waals surface area contributed by atoms with Crippen LogP contribution in [0.2, 0.25) is 0 Å². The molecule has 0 aliphatic carbocycles. The van der Waals surface area contributed by atoms with E-state index in [1.165, 1.54) is 5.69 Å². The molecule has 0 spiro atoms. The Morgan fingerprint density at radius 1 is 1.04 bits per heavy atom. The van der Waals surface area contributed by atoms with Gasteiger partial charge in [-0.3, -0.25) is 0 Å². The summed E-state index contributed by atoms with van der Waals surface area (Å²) >= 11 is 1.60. The number of nitrogens with zero attached hydrogens (tertiary/aromatic N) is 2. The molecular formula is C20H21N3O2S. The third kappa shape index (κ3) is 3.81. The molecule has 0 radical (unpaired) electrons. The molecule has 4 rings (SSSR count). The van der Waals surface area contributed by atoms with Crippen molar-refractivity contribution in [3.63, 3.8) is 0 Å². The second kappa shape index (κ2) is 7.76. The average molecular weight is 367 g/mol. The van der Waals surface area contributed by atoms with Gasteiger partial charge in [0.25, 0.3) is 0 Å². The Balaban J connectivity index is 1.45. The van der Waals surface area contributed by atoms with Crippen LogP contribution in [0.5, 0.6) is 5.75 Å². The number of morpholine rings is 1. The lowest BCUT2D eigenvalue weighted by molar-refractivity contribution is 0.122. The Morgan fingerprint density at radius 3 is 2.46 bits per heavy atom. The lowest BCUT2D eigenvalue weighted by Crippen LogP contribution is -2.36. The van der Waals surface area contributed by atoms with Gasteiger partial charge in [0, 0.05) is 35.4 Å². The van der Waals surface area contributed by atoms with Gasteiger partial charge in [0.05, 0.1) is 26.0 Å². The van der Waals surface area contributed by atoms with Crippen LogP contribution in [0, 0.1) is 0 Å². The van der Waals surface area contributed by atoms with Crippen LogP contribution in [0.15, 0.2) is 53.9 Å². The molecule has 0 amide bonds. The molecule has 2 aromatic carbocycles. The van der Waals surface area contributed by atoms with Crippen molar-refractivity contribution in [3.8, 4) is 17.0 Å². The first-order valence-electron chi connectivity index (χ1n) is 8.61. The van der Waals surface area contributed by atoms with Crippen molar-refractivity contribution in [2.45, 2.75) is 0 Å². The smallest absolute Gasteiger partial charge is 0.187 e. The molecule has 6 heteroatoms. The highest BCUT2D eigenvalue weighted by Crippen LogP contribution is 2.29. The van der Waals surface area contributed by atoms with E-state index in [-0.39, 0.29) is 0 Å². The van der Waals surface area contributed by atoms with Crippen molar-refractivity contribution in [2.24, 2.45) is 0 Å². The largest absolute Gasteiger partial charge is 0.497 e. The molecule has 0 unspecified atom stereocenters. The van der Waals surface area contributed by atoms with E-state index < -0.39 is 0 Å². The van der Waals surface area contributed by atoms with Crippen LogP contribution in [-0.2, 0) is 4.74 Å². The van der Waals surface area contributed by atoms with Crippen molar-refractivity contribution < 1.29 is 9.47 Å². The van der Waals surface area contributed by atoms with Crippen molar-refractivity contribution in [2.75, 3.05) is 43.6 Å². The number of ether oxygens (including phenoxy) is 2. The Morgan fingerprint density at radius 2 is 1.77 bits per heavy atom. The maximum absolute atomic E-state index is 5.41. The van der Waals surface area contributed by atoms with Crippen LogP contribution in [0.1, 0.15) is 0 Å². The number of methoxy groups -OCH3 is 1.